The van der Waals surface area contributed by atoms with E-state index in [0.29, 0.717) is 5.56 Å². The van der Waals surface area contributed by atoms with E-state index in [0.717, 1.165) is 0 Å². The Morgan fingerprint density at radius 3 is 2.39 bits per heavy atom. The summed E-state index contributed by atoms with van der Waals surface area (Å²) in [5.74, 6) is -0.702. The van der Waals surface area contributed by atoms with Crippen LogP contribution < -0.4 is 0 Å². The second-order valence-electron chi connectivity index (χ2n) is 3.71. The summed E-state index contributed by atoms with van der Waals surface area (Å²) in [5, 5.41) is 3.36. The summed E-state index contributed by atoms with van der Waals surface area (Å²) in [5.41, 5.74) is 9.19. The van der Waals surface area contributed by atoms with Gasteiger partial charge < -0.3 is 0 Å². The fourth-order valence-electron chi connectivity index (χ4n) is 1.90. The van der Waals surface area contributed by atoms with Gasteiger partial charge in [-0.2, -0.15) is 0 Å². The summed E-state index contributed by atoms with van der Waals surface area (Å²) >= 11 is 0. The molecular formula is C13H9N3O2. The summed E-state index contributed by atoms with van der Waals surface area (Å²) < 4.78 is 0. The van der Waals surface area contributed by atoms with Crippen molar-refractivity contribution in [1.29, 1.82) is 0 Å². The van der Waals surface area contributed by atoms with E-state index in [1.807, 2.05) is 0 Å². The predicted molar refractivity (Wildman–Crippen MR) is 66.1 cm³/mol. The molecule has 88 valence electrons. The number of ketones is 2. The number of hydrogen-bond donors (Lipinski definition) is 0. The molecule has 0 amide bonds. The van der Waals surface area contributed by atoms with E-state index in [4.69, 9.17) is 5.53 Å². The number of carbonyl (C=O) groups is 2. The van der Waals surface area contributed by atoms with Crippen LogP contribution >= 0.6 is 0 Å². The fraction of sp³-hybridized carbons (Fsp3) is 0.0769. The molecule has 0 bridgehead atoms. The van der Waals surface area contributed by atoms with Gasteiger partial charge in [0.15, 0.2) is 11.6 Å². The SMILES string of the molecule is C=CCC1=C(N=[N+]=[N-])C(=O)c2ccccc2C1=O. The number of Topliss-reactive ketones (excluding diaryl/α,β-unsaturated/α-hetero) is 2. The zero-order valence-electron chi connectivity index (χ0n) is 9.46. The van der Waals surface area contributed by atoms with E-state index in [2.05, 4.69) is 16.6 Å². The molecule has 2 rings (SSSR count). The summed E-state index contributed by atoms with van der Waals surface area (Å²) in [7, 11) is 0. The third-order valence-electron chi connectivity index (χ3n) is 2.68. The van der Waals surface area contributed by atoms with Crippen LogP contribution in [-0.4, -0.2) is 11.6 Å². The standard InChI is InChI=1S/C13H9N3O2/c1-2-5-10-11(15-16-14)13(18)9-7-4-3-6-8(9)12(10)17/h2-4,6-7H,1,5H2. The molecule has 0 N–H and O–H groups in total. The Balaban J connectivity index is 2.70. The molecule has 0 saturated carbocycles. The zero-order chi connectivity index (χ0) is 13.1. The van der Waals surface area contributed by atoms with Crippen molar-refractivity contribution in [2.75, 3.05) is 0 Å². The minimum absolute atomic E-state index is 0.124. The molecule has 0 aliphatic heterocycles. The van der Waals surface area contributed by atoms with Gasteiger partial charge in [0.1, 0.15) is 0 Å². The van der Waals surface area contributed by atoms with Crippen molar-refractivity contribution in [2.24, 2.45) is 5.11 Å². The van der Waals surface area contributed by atoms with Crippen LogP contribution in [-0.2, 0) is 0 Å². The Morgan fingerprint density at radius 1 is 1.22 bits per heavy atom. The van der Waals surface area contributed by atoms with Crippen molar-refractivity contribution in [3.05, 3.63) is 69.8 Å². The third kappa shape index (κ3) is 1.73. The monoisotopic (exact) mass is 239 g/mol. The molecule has 0 unspecified atom stereocenters. The van der Waals surface area contributed by atoms with Crippen molar-refractivity contribution < 1.29 is 9.59 Å². The Morgan fingerprint density at radius 2 is 1.83 bits per heavy atom. The number of carbonyl (C=O) groups excluding carboxylic acids is 2. The van der Waals surface area contributed by atoms with Crippen molar-refractivity contribution in [2.45, 2.75) is 6.42 Å². The van der Waals surface area contributed by atoms with Crippen LogP contribution in [0.4, 0.5) is 0 Å². The lowest BCUT2D eigenvalue weighted by Gasteiger charge is -2.17. The molecule has 5 heteroatoms. The van der Waals surface area contributed by atoms with Gasteiger partial charge in [-0.1, -0.05) is 35.5 Å². The topological polar surface area (TPSA) is 82.9 Å². The van der Waals surface area contributed by atoms with Gasteiger partial charge >= 0.3 is 0 Å². The van der Waals surface area contributed by atoms with E-state index in [9.17, 15) is 9.59 Å². The lowest BCUT2D eigenvalue weighted by molar-refractivity contribution is 0.0972. The van der Waals surface area contributed by atoms with E-state index >= 15 is 0 Å². The molecular weight excluding hydrogens is 230 g/mol. The third-order valence-corrected chi connectivity index (χ3v) is 2.68. The first-order valence-corrected chi connectivity index (χ1v) is 5.28. The molecule has 0 aromatic heterocycles. The van der Waals surface area contributed by atoms with Crippen LogP contribution in [0.15, 0.2) is 53.3 Å². The fourth-order valence-corrected chi connectivity index (χ4v) is 1.90. The van der Waals surface area contributed by atoms with Crippen molar-refractivity contribution in [3.8, 4) is 0 Å². The molecule has 0 saturated heterocycles. The van der Waals surface area contributed by atoms with Crippen molar-refractivity contribution >= 4 is 11.6 Å². The number of allylic oxidation sites excluding steroid dienone is 3. The van der Waals surface area contributed by atoms with Crippen LogP contribution in [0.5, 0.6) is 0 Å². The summed E-state index contributed by atoms with van der Waals surface area (Å²) in [6.45, 7) is 3.53. The summed E-state index contributed by atoms with van der Waals surface area (Å²) in [4.78, 5) is 26.9. The first-order valence-electron chi connectivity index (χ1n) is 5.28. The average Bonchev–Trinajstić information content (AvgIpc) is 2.40. The normalized spacial score (nSPS) is 14.0. The van der Waals surface area contributed by atoms with E-state index < -0.39 is 5.78 Å². The first-order chi connectivity index (χ1) is 8.70. The smallest absolute Gasteiger partial charge is 0.196 e. The van der Waals surface area contributed by atoms with Crippen molar-refractivity contribution in [1.82, 2.24) is 0 Å². The number of hydrogen-bond acceptors (Lipinski definition) is 3. The van der Waals surface area contributed by atoms with Crippen LogP contribution in [0.3, 0.4) is 0 Å². The maximum atomic E-state index is 12.2. The Hall–Kier alpha value is -2.65. The molecule has 18 heavy (non-hydrogen) atoms. The van der Waals surface area contributed by atoms with Gasteiger partial charge in [0.05, 0.1) is 5.70 Å². The molecule has 5 nitrogen and oxygen atoms in total. The predicted octanol–water partition coefficient (Wildman–Crippen LogP) is 3.21. The van der Waals surface area contributed by atoms with Crippen molar-refractivity contribution in [3.63, 3.8) is 0 Å². The van der Waals surface area contributed by atoms with Gasteiger partial charge in [-0.3, -0.25) is 9.59 Å². The Bertz CT molecular complexity index is 637. The number of nitrogens with zero attached hydrogens (tertiary/aromatic N) is 3. The molecule has 0 radical (unpaired) electrons. The van der Waals surface area contributed by atoms with Crippen LogP contribution in [0.1, 0.15) is 27.1 Å². The average molecular weight is 239 g/mol. The highest BCUT2D eigenvalue weighted by molar-refractivity contribution is 6.26. The van der Waals surface area contributed by atoms with Crippen LogP contribution in [0.25, 0.3) is 10.4 Å². The van der Waals surface area contributed by atoms with Gasteiger partial charge in [-0.15, -0.1) is 6.58 Å². The number of azide groups is 1. The van der Waals surface area contributed by atoms with Gasteiger partial charge in [0.25, 0.3) is 0 Å². The second kappa shape index (κ2) is 4.69. The minimum Gasteiger partial charge on any atom is -0.289 e. The maximum Gasteiger partial charge on any atom is 0.196 e. The minimum atomic E-state index is -0.417. The van der Waals surface area contributed by atoms with E-state index in [1.165, 1.54) is 6.08 Å². The molecule has 0 spiro atoms. The largest absolute Gasteiger partial charge is 0.289 e. The molecule has 0 heterocycles. The first kappa shape index (κ1) is 11.8. The molecule has 0 atom stereocenters. The van der Waals surface area contributed by atoms with Gasteiger partial charge in [0, 0.05) is 21.6 Å². The van der Waals surface area contributed by atoms with Gasteiger partial charge in [0.2, 0.25) is 0 Å². The molecule has 1 aliphatic carbocycles. The summed E-state index contributed by atoms with van der Waals surface area (Å²) in [6, 6.07) is 6.49. The van der Waals surface area contributed by atoms with Crippen LogP contribution in [0.2, 0.25) is 0 Å². The summed E-state index contributed by atoms with van der Waals surface area (Å²) in [6.07, 6.45) is 1.70. The highest BCUT2D eigenvalue weighted by Gasteiger charge is 2.30. The van der Waals surface area contributed by atoms with Gasteiger partial charge in [-0.25, -0.2) is 0 Å². The van der Waals surface area contributed by atoms with E-state index in [1.54, 1.807) is 24.3 Å². The molecule has 1 aliphatic rings. The molecule has 1 aromatic rings. The highest BCUT2D eigenvalue weighted by Crippen LogP contribution is 2.28. The molecule has 1 aromatic carbocycles. The van der Waals surface area contributed by atoms with E-state index in [-0.39, 0.29) is 29.0 Å². The maximum absolute atomic E-state index is 12.2. The quantitative estimate of drug-likeness (QED) is 0.351. The number of benzene rings is 1. The lowest BCUT2D eigenvalue weighted by atomic mass is 9.86. The molecule has 0 fully saturated rings. The highest BCUT2D eigenvalue weighted by atomic mass is 16.1. The Kier molecular flexibility index (Phi) is 3.08. The number of fused-ring (bicyclic) bond motifs is 1. The second-order valence-corrected chi connectivity index (χ2v) is 3.71. The lowest BCUT2D eigenvalue weighted by Crippen LogP contribution is -2.20. The van der Waals surface area contributed by atoms with Gasteiger partial charge in [-0.05, 0) is 12.0 Å². The Labute approximate surface area is 103 Å². The van der Waals surface area contributed by atoms with Crippen LogP contribution in [0, 0.1) is 0 Å². The number of rotatable bonds is 3. The zero-order valence-corrected chi connectivity index (χ0v) is 9.46.